The predicted molar refractivity (Wildman–Crippen MR) is 61.1 cm³/mol. The summed E-state index contributed by atoms with van der Waals surface area (Å²) in [6, 6.07) is 3.54. The fraction of sp³-hybridized carbons (Fsp3) is 0.500. The van der Waals surface area contributed by atoms with Gasteiger partial charge >= 0.3 is 0 Å². The first-order valence-corrected chi connectivity index (χ1v) is 6.95. The van der Waals surface area contributed by atoms with Gasteiger partial charge in [0.25, 0.3) is 0 Å². The molecule has 5 nitrogen and oxygen atoms in total. The van der Waals surface area contributed by atoms with Crippen molar-refractivity contribution in [1.82, 2.24) is 4.98 Å². The number of nitrogens with zero attached hydrogens (tertiary/aromatic N) is 1. The number of sulfonamides is 1. The van der Waals surface area contributed by atoms with Gasteiger partial charge in [-0.1, -0.05) is 0 Å². The molecule has 6 heteroatoms. The van der Waals surface area contributed by atoms with Crippen LogP contribution >= 0.6 is 0 Å². The second-order valence-corrected chi connectivity index (χ2v) is 5.74. The van der Waals surface area contributed by atoms with Gasteiger partial charge in [-0.3, -0.25) is 4.72 Å². The first-order chi connectivity index (χ1) is 7.44. The number of pyridine rings is 1. The Morgan fingerprint density at radius 1 is 1.44 bits per heavy atom. The van der Waals surface area contributed by atoms with Crippen molar-refractivity contribution < 1.29 is 13.2 Å². The number of ether oxygens (including phenoxy) is 1. The first kappa shape index (κ1) is 11.2. The summed E-state index contributed by atoms with van der Waals surface area (Å²) in [7, 11) is -3.32. The van der Waals surface area contributed by atoms with Crippen molar-refractivity contribution in [1.29, 1.82) is 0 Å². The average molecular weight is 242 g/mol. The molecule has 0 bridgehead atoms. The number of hydrogen-bond donors (Lipinski definition) is 1. The van der Waals surface area contributed by atoms with Crippen molar-refractivity contribution >= 4 is 15.8 Å². The highest BCUT2D eigenvalue weighted by atomic mass is 32.2. The fourth-order valence-electron chi connectivity index (χ4n) is 1.25. The van der Waals surface area contributed by atoms with E-state index in [-0.39, 0.29) is 11.9 Å². The average Bonchev–Trinajstić information content (AvgIpc) is 2.91. The van der Waals surface area contributed by atoms with Crippen LogP contribution in [-0.2, 0) is 10.0 Å². The van der Waals surface area contributed by atoms with Gasteiger partial charge in [-0.05, 0) is 31.9 Å². The molecule has 0 radical (unpaired) electrons. The van der Waals surface area contributed by atoms with Gasteiger partial charge in [0, 0.05) is 5.69 Å². The summed E-state index contributed by atoms with van der Waals surface area (Å²) < 4.78 is 30.2. The monoisotopic (exact) mass is 242 g/mol. The van der Waals surface area contributed by atoms with Gasteiger partial charge in [-0.15, -0.1) is 0 Å². The molecule has 0 aromatic carbocycles. The van der Waals surface area contributed by atoms with E-state index in [9.17, 15) is 8.42 Å². The van der Waals surface area contributed by atoms with E-state index in [1.165, 1.54) is 0 Å². The van der Waals surface area contributed by atoms with Crippen LogP contribution in [0.5, 0.6) is 5.75 Å². The molecule has 0 amide bonds. The first-order valence-electron chi connectivity index (χ1n) is 5.06. The van der Waals surface area contributed by atoms with Crippen molar-refractivity contribution in [3.05, 3.63) is 17.8 Å². The van der Waals surface area contributed by atoms with E-state index in [1.807, 2.05) is 0 Å². The van der Waals surface area contributed by atoms with Crippen LogP contribution in [0.4, 0.5) is 5.82 Å². The Morgan fingerprint density at radius 2 is 2.12 bits per heavy atom. The molecule has 88 valence electrons. The number of aromatic nitrogens is 1. The lowest BCUT2D eigenvalue weighted by molar-refractivity contribution is 0.304. The van der Waals surface area contributed by atoms with E-state index >= 15 is 0 Å². The highest BCUT2D eigenvalue weighted by Crippen LogP contribution is 2.31. The third kappa shape index (κ3) is 3.10. The summed E-state index contributed by atoms with van der Waals surface area (Å²) in [5.41, 5.74) is 0.745. The SMILES string of the molecule is Cc1ccc(OC2CC2)c(NS(C)(=O)=O)n1. The van der Waals surface area contributed by atoms with E-state index < -0.39 is 10.0 Å². The largest absolute Gasteiger partial charge is 0.487 e. The molecule has 1 saturated carbocycles. The van der Waals surface area contributed by atoms with Crippen LogP contribution in [-0.4, -0.2) is 25.8 Å². The summed E-state index contributed by atoms with van der Waals surface area (Å²) in [4.78, 5) is 4.12. The lowest BCUT2D eigenvalue weighted by atomic mass is 10.3. The summed E-state index contributed by atoms with van der Waals surface area (Å²) in [6.07, 6.45) is 3.35. The van der Waals surface area contributed by atoms with E-state index in [0.29, 0.717) is 5.75 Å². The van der Waals surface area contributed by atoms with Gasteiger partial charge in [-0.25, -0.2) is 13.4 Å². The molecular weight excluding hydrogens is 228 g/mol. The second kappa shape index (κ2) is 3.93. The maximum Gasteiger partial charge on any atom is 0.231 e. The Labute approximate surface area is 94.9 Å². The Hall–Kier alpha value is -1.30. The van der Waals surface area contributed by atoms with Gasteiger partial charge in [0.15, 0.2) is 11.6 Å². The highest BCUT2D eigenvalue weighted by molar-refractivity contribution is 7.92. The molecule has 0 aliphatic heterocycles. The molecule has 0 atom stereocenters. The summed E-state index contributed by atoms with van der Waals surface area (Å²) in [5.74, 6) is 0.771. The minimum absolute atomic E-state index is 0.213. The van der Waals surface area contributed by atoms with Crippen LogP contribution in [0.1, 0.15) is 18.5 Å². The number of hydrogen-bond acceptors (Lipinski definition) is 4. The van der Waals surface area contributed by atoms with Gasteiger partial charge in [0.05, 0.1) is 12.4 Å². The molecule has 2 rings (SSSR count). The highest BCUT2D eigenvalue weighted by Gasteiger charge is 2.25. The Kier molecular flexibility index (Phi) is 2.75. The zero-order chi connectivity index (χ0) is 11.8. The Balaban J connectivity index is 2.27. The third-order valence-corrected chi connectivity index (χ3v) is 2.66. The smallest absolute Gasteiger partial charge is 0.231 e. The number of anilines is 1. The number of nitrogens with one attached hydrogen (secondary N) is 1. The van der Waals surface area contributed by atoms with Crippen LogP contribution in [0.25, 0.3) is 0 Å². The molecule has 0 saturated heterocycles. The van der Waals surface area contributed by atoms with Crippen molar-refractivity contribution in [3.63, 3.8) is 0 Å². The molecule has 0 unspecified atom stereocenters. The summed E-state index contributed by atoms with van der Waals surface area (Å²) in [5, 5.41) is 0. The van der Waals surface area contributed by atoms with E-state index in [4.69, 9.17) is 4.74 Å². The van der Waals surface area contributed by atoms with E-state index in [0.717, 1.165) is 24.8 Å². The lowest BCUT2D eigenvalue weighted by Gasteiger charge is -2.11. The van der Waals surface area contributed by atoms with Crippen LogP contribution < -0.4 is 9.46 Å². The molecule has 1 heterocycles. The van der Waals surface area contributed by atoms with Crippen LogP contribution in [0.15, 0.2) is 12.1 Å². The Bertz CT molecular complexity index is 495. The van der Waals surface area contributed by atoms with Crippen molar-refractivity contribution in [3.8, 4) is 5.75 Å². The standard InChI is InChI=1S/C10H14N2O3S/c1-7-3-6-9(15-8-4-5-8)10(11-7)12-16(2,13)14/h3,6,8H,4-5H2,1-2H3,(H,11,12). The molecule has 1 fully saturated rings. The van der Waals surface area contributed by atoms with Gasteiger partial charge < -0.3 is 4.74 Å². The maximum absolute atomic E-state index is 11.2. The lowest BCUT2D eigenvalue weighted by Crippen LogP contribution is -2.13. The molecule has 1 aliphatic rings. The molecular formula is C10H14N2O3S. The van der Waals surface area contributed by atoms with Crippen LogP contribution in [0.2, 0.25) is 0 Å². The van der Waals surface area contributed by atoms with E-state index in [1.54, 1.807) is 19.1 Å². The van der Waals surface area contributed by atoms with Crippen molar-refractivity contribution in [2.24, 2.45) is 0 Å². The van der Waals surface area contributed by atoms with Gasteiger partial charge in [0.1, 0.15) is 0 Å². The summed E-state index contributed by atoms with van der Waals surface area (Å²) in [6.45, 7) is 1.80. The fourth-order valence-corrected chi connectivity index (χ4v) is 1.75. The number of aryl methyl sites for hydroxylation is 1. The van der Waals surface area contributed by atoms with Crippen molar-refractivity contribution in [2.75, 3.05) is 11.0 Å². The normalized spacial score (nSPS) is 15.9. The van der Waals surface area contributed by atoms with Crippen LogP contribution in [0.3, 0.4) is 0 Å². The van der Waals surface area contributed by atoms with Gasteiger partial charge in [-0.2, -0.15) is 0 Å². The van der Waals surface area contributed by atoms with Crippen molar-refractivity contribution in [2.45, 2.75) is 25.9 Å². The molecule has 0 spiro atoms. The molecule has 16 heavy (non-hydrogen) atoms. The minimum Gasteiger partial charge on any atom is -0.487 e. The number of rotatable bonds is 4. The third-order valence-electron chi connectivity index (χ3n) is 2.10. The maximum atomic E-state index is 11.2. The minimum atomic E-state index is -3.32. The quantitative estimate of drug-likeness (QED) is 0.864. The van der Waals surface area contributed by atoms with E-state index in [2.05, 4.69) is 9.71 Å². The zero-order valence-electron chi connectivity index (χ0n) is 9.23. The molecule has 1 aromatic heterocycles. The molecule has 1 aliphatic carbocycles. The predicted octanol–water partition coefficient (Wildman–Crippen LogP) is 1.30. The van der Waals surface area contributed by atoms with Crippen LogP contribution in [0, 0.1) is 6.92 Å². The zero-order valence-corrected chi connectivity index (χ0v) is 10.0. The Morgan fingerprint density at radius 3 is 2.69 bits per heavy atom. The topological polar surface area (TPSA) is 68.3 Å². The molecule has 1 aromatic rings. The second-order valence-electron chi connectivity index (χ2n) is 3.99. The summed E-state index contributed by atoms with van der Waals surface area (Å²) >= 11 is 0. The molecule has 1 N–H and O–H groups in total. The van der Waals surface area contributed by atoms with Gasteiger partial charge in [0.2, 0.25) is 10.0 Å².